The molecular weight excluding hydrogens is 412 g/mol. The van der Waals surface area contributed by atoms with Crippen LogP contribution in [0, 0.1) is 0 Å². The van der Waals surface area contributed by atoms with E-state index in [1.54, 1.807) is 0 Å². The van der Waals surface area contributed by atoms with E-state index in [0.29, 0.717) is 12.2 Å². The van der Waals surface area contributed by atoms with E-state index in [0.717, 1.165) is 19.3 Å². The van der Waals surface area contributed by atoms with Crippen molar-refractivity contribution in [1.82, 2.24) is 10.3 Å². The molecule has 0 saturated heterocycles. The number of para-hydroxylation sites is 1. The number of hydrogen-bond acceptors (Lipinski definition) is 7. The minimum Gasteiger partial charge on any atom is -0.503 e. The van der Waals surface area contributed by atoms with E-state index in [2.05, 4.69) is 17.2 Å². The third-order valence-electron chi connectivity index (χ3n) is 4.97. The molecule has 0 spiro atoms. The predicted molar refractivity (Wildman–Crippen MR) is 120 cm³/mol. The SMILES string of the molecule is CCCCC[C@H](OC(=O)[C@H](C)NC(=O)c1nccc(OC)c1O)[C@@H](C)Oc1ccccc1. The van der Waals surface area contributed by atoms with E-state index in [-0.39, 0.29) is 17.5 Å². The summed E-state index contributed by atoms with van der Waals surface area (Å²) in [4.78, 5) is 29.1. The number of benzene rings is 1. The highest BCUT2D eigenvalue weighted by Crippen LogP contribution is 2.27. The van der Waals surface area contributed by atoms with Crippen LogP contribution in [0.15, 0.2) is 42.6 Å². The minimum absolute atomic E-state index is 0.114. The van der Waals surface area contributed by atoms with Gasteiger partial charge in [-0.25, -0.2) is 9.78 Å². The molecule has 0 radical (unpaired) electrons. The van der Waals surface area contributed by atoms with Crippen LogP contribution in [0.5, 0.6) is 17.2 Å². The summed E-state index contributed by atoms with van der Waals surface area (Å²) in [6.45, 7) is 5.48. The second-order valence-electron chi connectivity index (χ2n) is 7.51. The molecule has 2 rings (SSSR count). The van der Waals surface area contributed by atoms with Gasteiger partial charge in [0.15, 0.2) is 17.2 Å². The van der Waals surface area contributed by atoms with Gasteiger partial charge in [0.05, 0.1) is 7.11 Å². The van der Waals surface area contributed by atoms with Gasteiger partial charge >= 0.3 is 5.97 Å². The number of nitrogens with one attached hydrogen (secondary N) is 1. The first-order valence-corrected chi connectivity index (χ1v) is 10.8. The van der Waals surface area contributed by atoms with Crippen molar-refractivity contribution >= 4 is 11.9 Å². The van der Waals surface area contributed by atoms with Crippen LogP contribution in [0.1, 0.15) is 56.9 Å². The van der Waals surface area contributed by atoms with Crippen molar-refractivity contribution in [3.8, 4) is 17.2 Å². The van der Waals surface area contributed by atoms with Crippen molar-refractivity contribution in [3.05, 3.63) is 48.3 Å². The molecule has 1 aromatic heterocycles. The molecule has 1 aromatic carbocycles. The Morgan fingerprint density at radius 1 is 1.12 bits per heavy atom. The summed E-state index contributed by atoms with van der Waals surface area (Å²) in [5, 5.41) is 12.6. The number of carbonyl (C=O) groups is 2. The summed E-state index contributed by atoms with van der Waals surface area (Å²) in [7, 11) is 1.37. The number of amides is 1. The monoisotopic (exact) mass is 444 g/mol. The molecule has 0 aliphatic carbocycles. The first-order chi connectivity index (χ1) is 15.4. The number of aromatic nitrogens is 1. The van der Waals surface area contributed by atoms with Crippen LogP contribution < -0.4 is 14.8 Å². The maximum Gasteiger partial charge on any atom is 0.328 e. The number of hydrogen-bond donors (Lipinski definition) is 2. The third-order valence-corrected chi connectivity index (χ3v) is 4.97. The van der Waals surface area contributed by atoms with Gasteiger partial charge in [-0.1, -0.05) is 38.0 Å². The highest BCUT2D eigenvalue weighted by atomic mass is 16.6. The lowest BCUT2D eigenvalue weighted by Crippen LogP contribution is -2.43. The number of rotatable bonds is 12. The first kappa shape index (κ1) is 25.0. The zero-order valence-corrected chi connectivity index (χ0v) is 19.0. The summed E-state index contributed by atoms with van der Waals surface area (Å²) < 4.78 is 16.7. The molecule has 2 N–H and O–H groups in total. The lowest BCUT2D eigenvalue weighted by Gasteiger charge is -2.26. The largest absolute Gasteiger partial charge is 0.503 e. The molecule has 174 valence electrons. The van der Waals surface area contributed by atoms with Gasteiger partial charge in [-0.3, -0.25) is 4.79 Å². The van der Waals surface area contributed by atoms with Crippen LogP contribution in [-0.2, 0) is 9.53 Å². The van der Waals surface area contributed by atoms with Crippen LogP contribution in [0.4, 0.5) is 0 Å². The number of carbonyl (C=O) groups excluding carboxylic acids is 2. The number of esters is 1. The summed E-state index contributed by atoms with van der Waals surface area (Å²) in [5.74, 6) is -0.885. The van der Waals surface area contributed by atoms with Crippen molar-refractivity contribution in [3.63, 3.8) is 0 Å². The molecule has 0 bridgehead atoms. The summed E-state index contributed by atoms with van der Waals surface area (Å²) >= 11 is 0. The number of ether oxygens (including phenoxy) is 3. The van der Waals surface area contributed by atoms with Gasteiger partial charge in [0.1, 0.15) is 24.0 Å². The van der Waals surface area contributed by atoms with Crippen molar-refractivity contribution in [2.45, 2.75) is 64.7 Å². The van der Waals surface area contributed by atoms with E-state index >= 15 is 0 Å². The summed E-state index contributed by atoms with van der Waals surface area (Å²) in [6, 6.07) is 9.82. The van der Waals surface area contributed by atoms with Crippen molar-refractivity contribution < 1.29 is 28.9 Å². The fourth-order valence-corrected chi connectivity index (χ4v) is 3.12. The van der Waals surface area contributed by atoms with Crippen molar-refractivity contribution in [2.75, 3.05) is 7.11 Å². The highest BCUT2D eigenvalue weighted by molar-refractivity contribution is 5.97. The quantitative estimate of drug-likeness (QED) is 0.378. The highest BCUT2D eigenvalue weighted by Gasteiger charge is 2.28. The lowest BCUT2D eigenvalue weighted by molar-refractivity contribution is -0.155. The van der Waals surface area contributed by atoms with E-state index in [9.17, 15) is 14.7 Å². The van der Waals surface area contributed by atoms with E-state index < -0.39 is 29.8 Å². The standard InChI is InChI=1S/C24H32N2O6/c1-5-6-8-13-19(17(3)31-18-11-9-7-10-12-18)32-24(29)16(2)26-23(28)21-22(27)20(30-4)14-15-25-21/h7,9-12,14-17,19,27H,5-6,8,13H2,1-4H3,(H,26,28)/t16-,17+,19-/m0/s1. The molecule has 0 saturated carbocycles. The van der Waals surface area contributed by atoms with Gasteiger partial charge in [0.2, 0.25) is 0 Å². The normalized spacial score (nSPS) is 13.5. The smallest absolute Gasteiger partial charge is 0.328 e. The third kappa shape index (κ3) is 7.14. The molecule has 8 nitrogen and oxygen atoms in total. The summed E-state index contributed by atoms with van der Waals surface area (Å²) in [5.41, 5.74) is -0.232. The van der Waals surface area contributed by atoms with Crippen LogP contribution in [0.2, 0.25) is 0 Å². The maximum atomic E-state index is 12.7. The number of aromatic hydroxyl groups is 1. The molecule has 0 fully saturated rings. The van der Waals surface area contributed by atoms with Crippen LogP contribution in [0.3, 0.4) is 0 Å². The van der Waals surface area contributed by atoms with E-state index in [1.807, 2.05) is 37.3 Å². The fraction of sp³-hybridized carbons (Fsp3) is 0.458. The predicted octanol–water partition coefficient (Wildman–Crippen LogP) is 3.87. The molecule has 1 amide bonds. The van der Waals surface area contributed by atoms with Gasteiger partial charge in [0.25, 0.3) is 5.91 Å². The molecular formula is C24H32N2O6. The molecule has 3 atom stereocenters. The number of pyridine rings is 1. The maximum absolute atomic E-state index is 12.7. The Bertz CT molecular complexity index is 874. The minimum atomic E-state index is -0.951. The van der Waals surface area contributed by atoms with E-state index in [4.69, 9.17) is 14.2 Å². The Morgan fingerprint density at radius 2 is 1.84 bits per heavy atom. The van der Waals surface area contributed by atoms with Crippen LogP contribution in [0.25, 0.3) is 0 Å². The first-order valence-electron chi connectivity index (χ1n) is 10.8. The number of nitrogens with zero attached hydrogens (tertiary/aromatic N) is 1. The summed E-state index contributed by atoms with van der Waals surface area (Å²) in [6.07, 6.45) is 4.08. The Hall–Kier alpha value is -3.29. The molecule has 2 aromatic rings. The zero-order chi connectivity index (χ0) is 23.5. The molecule has 8 heteroatoms. The van der Waals surface area contributed by atoms with Gasteiger partial charge in [-0.15, -0.1) is 0 Å². The Kier molecular flexibility index (Phi) is 9.78. The van der Waals surface area contributed by atoms with Crippen LogP contribution >= 0.6 is 0 Å². The Labute approximate surface area is 188 Å². The Balaban J connectivity index is 2.02. The molecule has 1 heterocycles. The van der Waals surface area contributed by atoms with Gasteiger partial charge < -0.3 is 24.6 Å². The number of unbranched alkanes of at least 4 members (excludes halogenated alkanes) is 2. The second-order valence-corrected chi connectivity index (χ2v) is 7.51. The second kappa shape index (κ2) is 12.5. The van der Waals surface area contributed by atoms with Gasteiger partial charge in [0, 0.05) is 12.3 Å². The van der Waals surface area contributed by atoms with Crippen molar-refractivity contribution in [2.24, 2.45) is 0 Å². The fourth-order valence-electron chi connectivity index (χ4n) is 3.12. The molecule has 0 unspecified atom stereocenters. The number of methoxy groups -OCH3 is 1. The van der Waals surface area contributed by atoms with Crippen LogP contribution in [-0.4, -0.2) is 47.3 Å². The zero-order valence-electron chi connectivity index (χ0n) is 19.0. The Morgan fingerprint density at radius 3 is 2.50 bits per heavy atom. The van der Waals surface area contributed by atoms with E-state index in [1.165, 1.54) is 26.3 Å². The van der Waals surface area contributed by atoms with Crippen molar-refractivity contribution in [1.29, 1.82) is 0 Å². The lowest BCUT2D eigenvalue weighted by atomic mass is 10.1. The van der Waals surface area contributed by atoms with Gasteiger partial charge in [-0.2, -0.15) is 0 Å². The topological polar surface area (TPSA) is 107 Å². The molecule has 0 aliphatic rings. The molecule has 0 aliphatic heterocycles. The average Bonchev–Trinajstić information content (AvgIpc) is 2.79. The molecule has 32 heavy (non-hydrogen) atoms. The average molecular weight is 445 g/mol. The van der Waals surface area contributed by atoms with Gasteiger partial charge in [-0.05, 0) is 38.8 Å².